The molecule has 1 fully saturated rings. The van der Waals surface area contributed by atoms with E-state index in [1.165, 1.54) is 11.8 Å². The molecule has 3 aliphatic rings. The first-order chi connectivity index (χ1) is 10.7. The molecule has 0 spiro atoms. The van der Waals surface area contributed by atoms with Crippen molar-refractivity contribution in [2.24, 2.45) is 4.99 Å². The van der Waals surface area contributed by atoms with Crippen molar-refractivity contribution < 1.29 is 4.79 Å². The number of rotatable bonds is 2. The fourth-order valence-corrected chi connectivity index (χ4v) is 4.52. The molecular weight excluding hydrogens is 298 g/mol. The van der Waals surface area contributed by atoms with Crippen LogP contribution in [0.2, 0.25) is 0 Å². The lowest BCUT2D eigenvalue weighted by atomic mass is 9.95. The molecule has 1 aromatic rings. The molecular formula is C15H19N5OS. The summed E-state index contributed by atoms with van der Waals surface area (Å²) in [5.41, 5.74) is 2.20. The predicted molar refractivity (Wildman–Crippen MR) is 86.4 cm³/mol. The predicted octanol–water partition coefficient (Wildman–Crippen LogP) is 1.77. The number of amides is 1. The normalized spacial score (nSPS) is 24.8. The second-order valence-corrected chi connectivity index (χ2v) is 6.91. The number of thioether (sulfide) groups is 1. The highest BCUT2D eigenvalue weighted by molar-refractivity contribution is 8.18. The summed E-state index contributed by atoms with van der Waals surface area (Å²) < 4.78 is 0. The maximum Gasteiger partial charge on any atom is 0.262 e. The number of aliphatic imine (C=N–C) groups is 1. The number of nitrogens with one attached hydrogen (secondary N) is 1. The Labute approximate surface area is 133 Å². The summed E-state index contributed by atoms with van der Waals surface area (Å²) in [6.07, 6.45) is 3.93. The van der Waals surface area contributed by atoms with Crippen LogP contribution in [0.5, 0.6) is 0 Å². The first-order valence-electron chi connectivity index (χ1n) is 7.73. The number of carbonyl (C=O) groups excluding carboxylic acids is 1. The zero-order chi connectivity index (χ0) is 15.1. The number of hydrogen-bond acceptors (Lipinski definition) is 5. The summed E-state index contributed by atoms with van der Waals surface area (Å²) in [4.78, 5) is 22.4. The molecule has 0 unspecified atom stereocenters. The van der Waals surface area contributed by atoms with Crippen molar-refractivity contribution in [2.75, 3.05) is 26.2 Å². The zero-order valence-corrected chi connectivity index (χ0v) is 13.4. The second kappa shape index (κ2) is 5.46. The zero-order valence-electron chi connectivity index (χ0n) is 12.6. The number of piperidine rings is 1. The highest BCUT2D eigenvalue weighted by atomic mass is 32.2. The average Bonchev–Trinajstić information content (AvgIpc) is 3.26. The maximum absolute atomic E-state index is 12.9. The van der Waals surface area contributed by atoms with Gasteiger partial charge in [-0.05, 0) is 37.6 Å². The second-order valence-electron chi connectivity index (χ2n) is 5.93. The van der Waals surface area contributed by atoms with Crippen molar-refractivity contribution in [3.63, 3.8) is 0 Å². The highest BCUT2D eigenvalue weighted by Gasteiger charge is 2.36. The maximum atomic E-state index is 12.9. The molecule has 1 saturated heterocycles. The first kappa shape index (κ1) is 13.9. The molecule has 1 N–H and O–H groups in total. The van der Waals surface area contributed by atoms with Crippen LogP contribution in [0, 0.1) is 0 Å². The summed E-state index contributed by atoms with van der Waals surface area (Å²) in [5.74, 6) is 0.522. The molecule has 0 aliphatic carbocycles. The number of H-pyrrole nitrogens is 1. The smallest absolute Gasteiger partial charge is 0.262 e. The van der Waals surface area contributed by atoms with E-state index >= 15 is 0 Å². The van der Waals surface area contributed by atoms with E-state index in [1.807, 2.05) is 17.9 Å². The summed E-state index contributed by atoms with van der Waals surface area (Å²) >= 11 is 1.53. The van der Waals surface area contributed by atoms with Gasteiger partial charge in [0.2, 0.25) is 0 Å². The minimum Gasteiger partial charge on any atom is -0.337 e. The number of allylic oxidation sites excluding steroid dienone is 1. The molecule has 0 radical (unpaired) electrons. The molecule has 1 atom stereocenters. The van der Waals surface area contributed by atoms with E-state index in [9.17, 15) is 4.79 Å². The minimum absolute atomic E-state index is 0.156. The van der Waals surface area contributed by atoms with Gasteiger partial charge >= 0.3 is 0 Å². The topological polar surface area (TPSA) is 64.6 Å². The molecule has 22 heavy (non-hydrogen) atoms. The van der Waals surface area contributed by atoms with Gasteiger partial charge in [0.05, 0.1) is 11.4 Å². The lowest BCUT2D eigenvalue weighted by Crippen LogP contribution is -2.39. The van der Waals surface area contributed by atoms with E-state index in [0.717, 1.165) is 60.5 Å². The molecule has 0 saturated carbocycles. The van der Waals surface area contributed by atoms with Crippen molar-refractivity contribution in [3.05, 3.63) is 28.6 Å². The number of aromatic amines is 1. The van der Waals surface area contributed by atoms with Crippen LogP contribution in [0.1, 0.15) is 31.4 Å². The molecule has 3 aliphatic heterocycles. The first-order valence-corrected chi connectivity index (χ1v) is 8.55. The van der Waals surface area contributed by atoms with E-state index in [1.54, 1.807) is 6.20 Å². The minimum atomic E-state index is 0.156. The molecule has 0 aromatic carbocycles. The van der Waals surface area contributed by atoms with Crippen molar-refractivity contribution in [2.45, 2.75) is 25.7 Å². The van der Waals surface area contributed by atoms with Crippen LogP contribution in [0.15, 0.2) is 27.9 Å². The van der Waals surface area contributed by atoms with Crippen molar-refractivity contribution in [1.29, 1.82) is 0 Å². The number of likely N-dealkylation sites (tertiary alicyclic amines) is 1. The highest BCUT2D eigenvalue weighted by Crippen LogP contribution is 2.38. The molecule has 6 nitrogen and oxygen atoms in total. The number of nitrogens with zero attached hydrogens (tertiary/aromatic N) is 4. The van der Waals surface area contributed by atoms with Gasteiger partial charge in [0, 0.05) is 43.1 Å². The summed E-state index contributed by atoms with van der Waals surface area (Å²) in [5, 5.41) is 8.06. The van der Waals surface area contributed by atoms with Gasteiger partial charge in [0.1, 0.15) is 0 Å². The van der Waals surface area contributed by atoms with E-state index in [0.29, 0.717) is 5.92 Å². The summed E-state index contributed by atoms with van der Waals surface area (Å²) in [6.45, 7) is 5.39. The van der Waals surface area contributed by atoms with Crippen LogP contribution < -0.4 is 0 Å². The Hall–Kier alpha value is -1.76. The quantitative estimate of drug-likeness (QED) is 0.903. The van der Waals surface area contributed by atoms with Crippen LogP contribution in [0.3, 0.4) is 0 Å². The number of amidine groups is 1. The van der Waals surface area contributed by atoms with Crippen LogP contribution in [0.25, 0.3) is 0 Å². The molecule has 116 valence electrons. The Balaban J connectivity index is 1.51. The fourth-order valence-electron chi connectivity index (χ4n) is 3.36. The lowest BCUT2D eigenvalue weighted by Gasteiger charge is -2.32. The van der Waals surface area contributed by atoms with Gasteiger partial charge in [-0.1, -0.05) is 0 Å². The van der Waals surface area contributed by atoms with Gasteiger partial charge in [0.25, 0.3) is 5.91 Å². The van der Waals surface area contributed by atoms with Crippen molar-refractivity contribution in [1.82, 2.24) is 20.0 Å². The van der Waals surface area contributed by atoms with Crippen LogP contribution >= 0.6 is 11.8 Å². The van der Waals surface area contributed by atoms with E-state index in [2.05, 4.69) is 20.1 Å². The molecule has 1 amide bonds. The SMILES string of the molecule is CC1=C(C(=O)N2CCC[C@H](c3ccn[nH]3)C2)SC2=NCCN21. The van der Waals surface area contributed by atoms with E-state index in [-0.39, 0.29) is 5.91 Å². The molecule has 7 heteroatoms. The average molecular weight is 317 g/mol. The van der Waals surface area contributed by atoms with Gasteiger partial charge in [-0.25, -0.2) is 0 Å². The summed E-state index contributed by atoms with van der Waals surface area (Å²) in [6, 6.07) is 2.01. The Morgan fingerprint density at radius 1 is 1.45 bits per heavy atom. The van der Waals surface area contributed by atoms with Gasteiger partial charge < -0.3 is 9.80 Å². The Morgan fingerprint density at radius 2 is 2.36 bits per heavy atom. The van der Waals surface area contributed by atoms with Gasteiger partial charge in [0.15, 0.2) is 5.17 Å². The molecule has 1 aromatic heterocycles. The lowest BCUT2D eigenvalue weighted by molar-refractivity contribution is -0.127. The third-order valence-corrected chi connectivity index (χ3v) is 5.80. The van der Waals surface area contributed by atoms with Crippen LogP contribution in [-0.2, 0) is 4.79 Å². The molecule has 4 rings (SSSR count). The molecule has 0 bridgehead atoms. The Bertz CT molecular complexity index is 651. The van der Waals surface area contributed by atoms with Crippen molar-refractivity contribution in [3.8, 4) is 0 Å². The van der Waals surface area contributed by atoms with Crippen LogP contribution in [0.4, 0.5) is 0 Å². The van der Waals surface area contributed by atoms with Crippen LogP contribution in [-0.4, -0.2) is 57.3 Å². The largest absolute Gasteiger partial charge is 0.337 e. The van der Waals surface area contributed by atoms with Crippen molar-refractivity contribution >= 4 is 22.8 Å². The van der Waals surface area contributed by atoms with E-state index in [4.69, 9.17) is 0 Å². The monoisotopic (exact) mass is 317 g/mol. The molecule has 4 heterocycles. The fraction of sp³-hybridized carbons (Fsp3) is 0.533. The van der Waals surface area contributed by atoms with Gasteiger partial charge in [-0.2, -0.15) is 5.10 Å². The number of fused-ring (bicyclic) bond motifs is 1. The standard InChI is InChI=1S/C15H19N5OS/c1-10-13(22-15-16-6-8-20(10)15)14(21)19-7-2-3-11(9-19)12-4-5-17-18-12/h4-5,11H,2-3,6-9H2,1H3,(H,17,18)/t11-/m0/s1. The number of aromatic nitrogens is 2. The Kier molecular flexibility index (Phi) is 3.44. The Morgan fingerprint density at radius 3 is 3.14 bits per heavy atom. The third kappa shape index (κ3) is 2.24. The number of carbonyl (C=O) groups is 1. The van der Waals surface area contributed by atoms with E-state index < -0.39 is 0 Å². The number of hydrogen-bond donors (Lipinski definition) is 1. The third-order valence-electron chi connectivity index (χ3n) is 4.59. The van der Waals surface area contributed by atoms with Gasteiger partial charge in [-0.15, -0.1) is 0 Å². The van der Waals surface area contributed by atoms with Gasteiger partial charge in [-0.3, -0.25) is 14.9 Å². The summed E-state index contributed by atoms with van der Waals surface area (Å²) in [7, 11) is 0.